The molecule has 0 saturated carbocycles. The highest BCUT2D eigenvalue weighted by molar-refractivity contribution is 5.89. The number of ether oxygens (including phenoxy) is 1. The highest BCUT2D eigenvalue weighted by atomic mass is 16.5. The summed E-state index contributed by atoms with van der Waals surface area (Å²) in [6.07, 6.45) is 2.14. The molecule has 0 spiro atoms. The van der Waals surface area contributed by atoms with Gasteiger partial charge in [0, 0.05) is 44.4 Å². The van der Waals surface area contributed by atoms with Crippen LogP contribution in [0.5, 0.6) is 0 Å². The Hall–Kier alpha value is -2.99. The smallest absolute Gasteiger partial charge is 0.224 e. The minimum atomic E-state index is 0.182. The fourth-order valence-electron chi connectivity index (χ4n) is 3.94. The first-order valence-corrected chi connectivity index (χ1v) is 11.1. The molecule has 0 unspecified atom stereocenters. The van der Waals surface area contributed by atoms with Gasteiger partial charge in [-0.15, -0.1) is 0 Å². The summed E-state index contributed by atoms with van der Waals surface area (Å²) in [5.41, 5.74) is 2.23. The molecular formula is C25H30N4O2. The summed E-state index contributed by atoms with van der Waals surface area (Å²) in [4.78, 5) is 26.6. The minimum absolute atomic E-state index is 0.182. The third-order valence-corrected chi connectivity index (χ3v) is 5.72. The van der Waals surface area contributed by atoms with Gasteiger partial charge in [-0.1, -0.05) is 49.4 Å². The molecule has 0 aliphatic carbocycles. The molecule has 0 bridgehead atoms. The minimum Gasteiger partial charge on any atom is -0.378 e. The molecule has 1 fully saturated rings. The van der Waals surface area contributed by atoms with Crippen LogP contribution in [-0.4, -0.2) is 60.2 Å². The van der Waals surface area contributed by atoms with E-state index in [1.54, 1.807) is 0 Å². The van der Waals surface area contributed by atoms with Crippen molar-refractivity contribution in [3.8, 4) is 0 Å². The molecule has 2 heterocycles. The van der Waals surface area contributed by atoms with Crippen molar-refractivity contribution in [2.75, 3.05) is 44.3 Å². The molecule has 0 radical (unpaired) electrons. The first-order chi connectivity index (χ1) is 15.2. The average Bonchev–Trinajstić information content (AvgIpc) is 2.84. The Morgan fingerprint density at radius 2 is 1.74 bits per heavy atom. The van der Waals surface area contributed by atoms with E-state index in [9.17, 15) is 4.79 Å². The van der Waals surface area contributed by atoms with Crippen LogP contribution in [0, 0.1) is 0 Å². The topological polar surface area (TPSA) is 58.6 Å². The molecule has 6 nitrogen and oxygen atoms in total. The number of hydrogen-bond donors (Lipinski definition) is 0. The summed E-state index contributed by atoms with van der Waals surface area (Å²) in [5.74, 6) is 1.94. The summed E-state index contributed by atoms with van der Waals surface area (Å²) in [6.45, 7) is 6.11. The Morgan fingerprint density at radius 3 is 2.52 bits per heavy atom. The van der Waals surface area contributed by atoms with Crippen molar-refractivity contribution in [1.29, 1.82) is 0 Å². The molecule has 162 valence electrons. The number of amides is 1. The van der Waals surface area contributed by atoms with Gasteiger partial charge in [0.25, 0.3) is 0 Å². The molecule has 1 amide bonds. The van der Waals surface area contributed by atoms with E-state index in [4.69, 9.17) is 14.7 Å². The number of carbonyl (C=O) groups excluding carboxylic acids is 1. The SMILES string of the molecule is CCc1nc(N(CCC(=O)N2CCOCC2)CCc2ccccc2)c2ccccc2n1. The number of para-hydroxylation sites is 1. The number of rotatable bonds is 8. The normalized spacial score (nSPS) is 14.0. The molecule has 1 aliphatic heterocycles. The van der Waals surface area contributed by atoms with Gasteiger partial charge >= 0.3 is 0 Å². The van der Waals surface area contributed by atoms with E-state index in [0.717, 1.165) is 41.9 Å². The summed E-state index contributed by atoms with van der Waals surface area (Å²) in [5, 5.41) is 1.03. The lowest BCUT2D eigenvalue weighted by atomic mass is 10.1. The zero-order valence-electron chi connectivity index (χ0n) is 18.2. The van der Waals surface area contributed by atoms with E-state index < -0.39 is 0 Å². The number of anilines is 1. The molecule has 2 aromatic carbocycles. The maximum absolute atomic E-state index is 12.8. The Kier molecular flexibility index (Phi) is 7.10. The zero-order chi connectivity index (χ0) is 21.5. The quantitative estimate of drug-likeness (QED) is 0.560. The summed E-state index contributed by atoms with van der Waals surface area (Å²) in [6, 6.07) is 18.6. The Balaban J connectivity index is 1.58. The standard InChI is InChI=1S/C25H30N4O2/c1-2-23-26-22-11-7-6-10-21(22)25(27-23)29(14-12-20-8-4-3-5-9-20)15-13-24(30)28-16-18-31-19-17-28/h3-11H,2,12-19H2,1H3. The highest BCUT2D eigenvalue weighted by Gasteiger charge is 2.20. The fraction of sp³-hybridized carbons (Fsp3) is 0.400. The molecular weight excluding hydrogens is 388 g/mol. The van der Waals surface area contributed by atoms with E-state index in [2.05, 4.69) is 42.2 Å². The largest absolute Gasteiger partial charge is 0.378 e. The van der Waals surface area contributed by atoms with Crippen LogP contribution in [0.2, 0.25) is 0 Å². The number of benzene rings is 2. The Bertz CT molecular complexity index is 1000. The summed E-state index contributed by atoms with van der Waals surface area (Å²) < 4.78 is 5.38. The van der Waals surface area contributed by atoms with Gasteiger partial charge in [-0.2, -0.15) is 0 Å². The van der Waals surface area contributed by atoms with Gasteiger partial charge in [0.05, 0.1) is 18.7 Å². The van der Waals surface area contributed by atoms with Gasteiger partial charge in [-0.3, -0.25) is 4.79 Å². The molecule has 1 saturated heterocycles. The molecule has 1 aliphatic rings. The lowest BCUT2D eigenvalue weighted by molar-refractivity contribution is -0.135. The molecule has 31 heavy (non-hydrogen) atoms. The van der Waals surface area contributed by atoms with Crippen LogP contribution >= 0.6 is 0 Å². The van der Waals surface area contributed by atoms with Crippen molar-refractivity contribution in [2.24, 2.45) is 0 Å². The van der Waals surface area contributed by atoms with Crippen molar-refractivity contribution in [3.63, 3.8) is 0 Å². The van der Waals surface area contributed by atoms with Crippen molar-refractivity contribution in [2.45, 2.75) is 26.2 Å². The van der Waals surface area contributed by atoms with Crippen LogP contribution in [0.3, 0.4) is 0 Å². The molecule has 0 atom stereocenters. The van der Waals surface area contributed by atoms with Crippen molar-refractivity contribution in [3.05, 3.63) is 66.0 Å². The zero-order valence-corrected chi connectivity index (χ0v) is 18.2. The predicted molar refractivity (Wildman–Crippen MR) is 123 cm³/mol. The van der Waals surface area contributed by atoms with Crippen molar-refractivity contribution in [1.82, 2.24) is 14.9 Å². The van der Waals surface area contributed by atoms with Gasteiger partial charge in [0.1, 0.15) is 11.6 Å². The number of morpholine rings is 1. The Labute approximate surface area is 183 Å². The monoisotopic (exact) mass is 418 g/mol. The van der Waals surface area contributed by atoms with Gasteiger partial charge in [0.15, 0.2) is 0 Å². The fourth-order valence-corrected chi connectivity index (χ4v) is 3.94. The highest BCUT2D eigenvalue weighted by Crippen LogP contribution is 2.25. The maximum Gasteiger partial charge on any atom is 0.224 e. The molecule has 0 N–H and O–H groups in total. The van der Waals surface area contributed by atoms with Crippen LogP contribution in [-0.2, 0) is 22.4 Å². The van der Waals surface area contributed by atoms with E-state index in [-0.39, 0.29) is 5.91 Å². The molecule has 4 rings (SSSR count). The average molecular weight is 419 g/mol. The van der Waals surface area contributed by atoms with E-state index in [1.165, 1.54) is 5.56 Å². The number of hydrogen-bond acceptors (Lipinski definition) is 5. The number of nitrogens with zero attached hydrogens (tertiary/aromatic N) is 4. The van der Waals surface area contributed by atoms with Crippen LogP contribution < -0.4 is 4.90 Å². The second-order valence-electron chi connectivity index (χ2n) is 7.80. The van der Waals surface area contributed by atoms with Crippen LogP contribution in [0.1, 0.15) is 24.7 Å². The predicted octanol–water partition coefficient (Wildman–Crippen LogP) is 3.49. The number of aryl methyl sites for hydroxylation is 1. The van der Waals surface area contributed by atoms with E-state index in [0.29, 0.717) is 39.3 Å². The number of aromatic nitrogens is 2. The first kappa shape index (κ1) is 21.2. The van der Waals surface area contributed by atoms with Gasteiger partial charge in [0.2, 0.25) is 5.91 Å². The van der Waals surface area contributed by atoms with Crippen molar-refractivity contribution < 1.29 is 9.53 Å². The Morgan fingerprint density at radius 1 is 1.00 bits per heavy atom. The lowest BCUT2D eigenvalue weighted by Crippen LogP contribution is -2.42. The lowest BCUT2D eigenvalue weighted by Gasteiger charge is -2.29. The summed E-state index contributed by atoms with van der Waals surface area (Å²) >= 11 is 0. The third kappa shape index (κ3) is 5.39. The second kappa shape index (κ2) is 10.4. The molecule has 1 aromatic heterocycles. The van der Waals surface area contributed by atoms with Gasteiger partial charge in [-0.05, 0) is 24.1 Å². The van der Waals surface area contributed by atoms with E-state index >= 15 is 0 Å². The first-order valence-electron chi connectivity index (χ1n) is 11.1. The number of fused-ring (bicyclic) bond motifs is 1. The molecule has 3 aromatic rings. The maximum atomic E-state index is 12.8. The van der Waals surface area contributed by atoms with Crippen LogP contribution in [0.4, 0.5) is 5.82 Å². The molecule has 6 heteroatoms. The van der Waals surface area contributed by atoms with Crippen LogP contribution in [0.15, 0.2) is 54.6 Å². The van der Waals surface area contributed by atoms with Gasteiger partial charge in [-0.25, -0.2) is 9.97 Å². The van der Waals surface area contributed by atoms with Crippen molar-refractivity contribution >= 4 is 22.6 Å². The third-order valence-electron chi connectivity index (χ3n) is 5.72. The van der Waals surface area contributed by atoms with Crippen LogP contribution in [0.25, 0.3) is 10.9 Å². The second-order valence-corrected chi connectivity index (χ2v) is 7.80. The van der Waals surface area contributed by atoms with Gasteiger partial charge < -0.3 is 14.5 Å². The van der Waals surface area contributed by atoms with E-state index in [1.807, 2.05) is 29.2 Å². The number of carbonyl (C=O) groups is 1. The summed E-state index contributed by atoms with van der Waals surface area (Å²) in [7, 11) is 0.